The number of hydrogen-bond acceptors (Lipinski definition) is 1. The second kappa shape index (κ2) is 6.60. The normalized spacial score (nSPS) is 13.2. The number of rotatable bonds is 4. The standard InChI is InChI=1S/C24H22O/c1-2-17-8-10-18(11-9-17)14-24-22-13-12-21(25)15-20(22)16-23(24)19-6-4-3-5-7-19/h3-13,15,25H,2,14,16H2,1H3. The second-order valence-corrected chi connectivity index (χ2v) is 6.69. The van der Waals surface area contributed by atoms with Crippen LogP contribution in [0.3, 0.4) is 0 Å². The number of phenols is 1. The number of aryl methyl sites for hydroxylation is 1. The minimum Gasteiger partial charge on any atom is -0.508 e. The van der Waals surface area contributed by atoms with Crippen LogP contribution < -0.4 is 0 Å². The Morgan fingerprint density at radius 2 is 1.56 bits per heavy atom. The van der Waals surface area contributed by atoms with Gasteiger partial charge in [-0.15, -0.1) is 0 Å². The predicted molar refractivity (Wildman–Crippen MR) is 105 cm³/mol. The molecule has 0 radical (unpaired) electrons. The van der Waals surface area contributed by atoms with Crippen LogP contribution in [-0.2, 0) is 19.3 Å². The van der Waals surface area contributed by atoms with E-state index in [1.54, 1.807) is 6.07 Å². The van der Waals surface area contributed by atoms with Gasteiger partial charge in [-0.1, -0.05) is 67.6 Å². The number of aromatic hydroxyl groups is 1. The molecular formula is C24H22O. The number of allylic oxidation sites excluding steroid dienone is 2. The Hall–Kier alpha value is -2.80. The summed E-state index contributed by atoms with van der Waals surface area (Å²) in [6.45, 7) is 2.19. The molecule has 1 aliphatic carbocycles. The molecule has 3 aromatic rings. The SMILES string of the molecule is CCc1ccc(CC2=C(c3ccccc3)Cc3cc(O)ccc32)cc1. The van der Waals surface area contributed by atoms with Crippen molar-refractivity contribution in [2.24, 2.45) is 0 Å². The van der Waals surface area contributed by atoms with Crippen LogP contribution in [0.1, 0.15) is 34.7 Å². The van der Waals surface area contributed by atoms with Crippen molar-refractivity contribution in [3.63, 3.8) is 0 Å². The van der Waals surface area contributed by atoms with Gasteiger partial charge in [0.2, 0.25) is 0 Å². The number of fused-ring (bicyclic) bond motifs is 1. The van der Waals surface area contributed by atoms with Crippen molar-refractivity contribution in [1.82, 2.24) is 0 Å². The third-order valence-corrected chi connectivity index (χ3v) is 5.08. The van der Waals surface area contributed by atoms with Gasteiger partial charge in [0.05, 0.1) is 0 Å². The molecule has 0 saturated carbocycles. The highest BCUT2D eigenvalue weighted by atomic mass is 16.3. The van der Waals surface area contributed by atoms with E-state index in [-0.39, 0.29) is 0 Å². The highest BCUT2D eigenvalue weighted by molar-refractivity contribution is 5.97. The topological polar surface area (TPSA) is 20.2 Å². The van der Waals surface area contributed by atoms with E-state index in [4.69, 9.17) is 0 Å². The molecule has 4 rings (SSSR count). The van der Waals surface area contributed by atoms with E-state index in [2.05, 4.69) is 67.6 Å². The van der Waals surface area contributed by atoms with Crippen molar-refractivity contribution in [2.75, 3.05) is 0 Å². The first kappa shape index (κ1) is 15.7. The molecule has 0 atom stereocenters. The van der Waals surface area contributed by atoms with Gasteiger partial charge < -0.3 is 5.11 Å². The van der Waals surface area contributed by atoms with Crippen LogP contribution in [0.15, 0.2) is 72.8 Å². The molecule has 0 bridgehead atoms. The first-order chi connectivity index (χ1) is 12.2. The first-order valence-corrected chi connectivity index (χ1v) is 8.92. The zero-order chi connectivity index (χ0) is 17.2. The van der Waals surface area contributed by atoms with Crippen molar-refractivity contribution >= 4 is 11.1 Å². The third kappa shape index (κ3) is 3.10. The summed E-state index contributed by atoms with van der Waals surface area (Å²) in [5, 5.41) is 9.87. The van der Waals surface area contributed by atoms with Gasteiger partial charge in [-0.05, 0) is 70.4 Å². The number of hydrogen-bond donors (Lipinski definition) is 1. The number of benzene rings is 3. The van der Waals surface area contributed by atoms with E-state index in [1.807, 2.05) is 6.07 Å². The lowest BCUT2D eigenvalue weighted by Gasteiger charge is -2.10. The summed E-state index contributed by atoms with van der Waals surface area (Å²) < 4.78 is 0. The monoisotopic (exact) mass is 326 g/mol. The van der Waals surface area contributed by atoms with E-state index in [9.17, 15) is 5.11 Å². The van der Waals surface area contributed by atoms with Gasteiger partial charge in [-0.2, -0.15) is 0 Å². The minimum atomic E-state index is 0.347. The Morgan fingerprint density at radius 1 is 0.840 bits per heavy atom. The predicted octanol–water partition coefficient (Wildman–Crippen LogP) is 5.66. The maximum absolute atomic E-state index is 9.87. The molecule has 0 aromatic heterocycles. The Labute approximate surface area is 149 Å². The molecule has 0 saturated heterocycles. The molecule has 1 aliphatic rings. The Bertz CT molecular complexity index is 918. The summed E-state index contributed by atoms with van der Waals surface area (Å²) in [6.07, 6.45) is 2.88. The molecule has 3 aromatic carbocycles. The fourth-order valence-electron chi connectivity index (χ4n) is 3.69. The van der Waals surface area contributed by atoms with Gasteiger partial charge in [0.15, 0.2) is 0 Å². The Kier molecular flexibility index (Phi) is 4.15. The molecule has 1 N–H and O–H groups in total. The average Bonchev–Trinajstić information content (AvgIpc) is 3.00. The molecule has 0 spiro atoms. The molecule has 25 heavy (non-hydrogen) atoms. The quantitative estimate of drug-likeness (QED) is 0.655. The summed E-state index contributed by atoms with van der Waals surface area (Å²) in [5.41, 5.74) is 9.24. The lowest BCUT2D eigenvalue weighted by Crippen LogP contribution is -1.93. The minimum absolute atomic E-state index is 0.347. The van der Waals surface area contributed by atoms with E-state index in [1.165, 1.54) is 39.0 Å². The summed E-state index contributed by atoms with van der Waals surface area (Å²) in [7, 11) is 0. The Morgan fingerprint density at radius 3 is 2.28 bits per heavy atom. The fourth-order valence-corrected chi connectivity index (χ4v) is 3.69. The van der Waals surface area contributed by atoms with Crippen molar-refractivity contribution in [3.05, 3.63) is 101 Å². The largest absolute Gasteiger partial charge is 0.508 e. The Balaban J connectivity index is 1.77. The molecule has 0 amide bonds. The van der Waals surface area contributed by atoms with Crippen LogP contribution in [0.5, 0.6) is 5.75 Å². The van der Waals surface area contributed by atoms with Crippen molar-refractivity contribution in [1.29, 1.82) is 0 Å². The zero-order valence-electron chi connectivity index (χ0n) is 14.5. The first-order valence-electron chi connectivity index (χ1n) is 8.92. The molecule has 0 fully saturated rings. The van der Waals surface area contributed by atoms with Crippen LogP contribution >= 0.6 is 0 Å². The summed E-state index contributed by atoms with van der Waals surface area (Å²) in [6, 6.07) is 25.3. The van der Waals surface area contributed by atoms with E-state index in [0.717, 1.165) is 19.3 Å². The number of phenolic OH excluding ortho intramolecular Hbond substituents is 1. The van der Waals surface area contributed by atoms with Crippen LogP contribution in [0.4, 0.5) is 0 Å². The summed E-state index contributed by atoms with van der Waals surface area (Å²) in [5.74, 6) is 0.347. The smallest absolute Gasteiger partial charge is 0.115 e. The summed E-state index contributed by atoms with van der Waals surface area (Å²) in [4.78, 5) is 0. The van der Waals surface area contributed by atoms with E-state index >= 15 is 0 Å². The van der Waals surface area contributed by atoms with Crippen LogP contribution in [0.25, 0.3) is 11.1 Å². The molecule has 1 nitrogen and oxygen atoms in total. The molecular weight excluding hydrogens is 304 g/mol. The van der Waals surface area contributed by atoms with Crippen molar-refractivity contribution in [3.8, 4) is 5.75 Å². The van der Waals surface area contributed by atoms with Gasteiger partial charge in [0.1, 0.15) is 5.75 Å². The van der Waals surface area contributed by atoms with Crippen LogP contribution in [0, 0.1) is 0 Å². The average molecular weight is 326 g/mol. The van der Waals surface area contributed by atoms with Crippen molar-refractivity contribution in [2.45, 2.75) is 26.2 Å². The second-order valence-electron chi connectivity index (χ2n) is 6.69. The summed E-state index contributed by atoms with van der Waals surface area (Å²) >= 11 is 0. The van der Waals surface area contributed by atoms with Gasteiger partial charge in [0.25, 0.3) is 0 Å². The van der Waals surface area contributed by atoms with Crippen molar-refractivity contribution < 1.29 is 5.11 Å². The lowest BCUT2D eigenvalue weighted by atomic mass is 9.94. The highest BCUT2D eigenvalue weighted by Gasteiger charge is 2.23. The zero-order valence-corrected chi connectivity index (χ0v) is 14.5. The van der Waals surface area contributed by atoms with Gasteiger partial charge in [-0.3, -0.25) is 0 Å². The van der Waals surface area contributed by atoms with Crippen LogP contribution in [-0.4, -0.2) is 5.11 Å². The van der Waals surface area contributed by atoms with E-state index < -0.39 is 0 Å². The highest BCUT2D eigenvalue weighted by Crippen LogP contribution is 2.41. The van der Waals surface area contributed by atoms with Gasteiger partial charge in [0, 0.05) is 0 Å². The molecule has 0 aliphatic heterocycles. The third-order valence-electron chi connectivity index (χ3n) is 5.08. The van der Waals surface area contributed by atoms with Crippen LogP contribution in [0.2, 0.25) is 0 Å². The van der Waals surface area contributed by atoms with Gasteiger partial charge >= 0.3 is 0 Å². The molecule has 1 heteroatoms. The molecule has 124 valence electrons. The van der Waals surface area contributed by atoms with Gasteiger partial charge in [-0.25, -0.2) is 0 Å². The lowest BCUT2D eigenvalue weighted by molar-refractivity contribution is 0.475. The van der Waals surface area contributed by atoms with E-state index in [0.29, 0.717) is 5.75 Å². The molecule has 0 heterocycles. The maximum Gasteiger partial charge on any atom is 0.115 e. The molecule has 0 unspecified atom stereocenters. The fraction of sp³-hybridized carbons (Fsp3) is 0.167. The maximum atomic E-state index is 9.87.